The first-order valence-electron chi connectivity index (χ1n) is 9.83. The van der Waals surface area contributed by atoms with Gasteiger partial charge in [0.2, 0.25) is 15.9 Å². The van der Waals surface area contributed by atoms with Crippen molar-refractivity contribution >= 4 is 21.9 Å². The minimum Gasteiger partial charge on any atom is -0.480 e. The molecule has 2 rings (SSSR count). The zero-order valence-electron chi connectivity index (χ0n) is 16.6. The van der Waals surface area contributed by atoms with Crippen LogP contribution < -0.4 is 5.32 Å². The van der Waals surface area contributed by atoms with Crippen LogP contribution in [0.25, 0.3) is 0 Å². The molecule has 1 atom stereocenters. The summed E-state index contributed by atoms with van der Waals surface area (Å²) >= 11 is 0. The van der Waals surface area contributed by atoms with Gasteiger partial charge in [-0.2, -0.15) is 4.31 Å². The molecule has 1 amide bonds. The molecule has 7 nitrogen and oxygen atoms in total. The number of carbonyl (C=O) groups is 2. The van der Waals surface area contributed by atoms with Gasteiger partial charge in [0.1, 0.15) is 6.04 Å². The van der Waals surface area contributed by atoms with Gasteiger partial charge in [-0.05, 0) is 42.9 Å². The van der Waals surface area contributed by atoms with Crippen molar-refractivity contribution in [2.75, 3.05) is 13.1 Å². The summed E-state index contributed by atoms with van der Waals surface area (Å²) in [6.45, 7) is 4.60. The van der Waals surface area contributed by atoms with E-state index in [1.807, 2.05) is 0 Å². The Morgan fingerprint density at radius 1 is 1.07 bits per heavy atom. The van der Waals surface area contributed by atoms with Gasteiger partial charge in [0.15, 0.2) is 0 Å². The van der Waals surface area contributed by atoms with Crippen LogP contribution in [0.2, 0.25) is 0 Å². The van der Waals surface area contributed by atoms with Crippen LogP contribution >= 0.6 is 0 Å². The van der Waals surface area contributed by atoms with Crippen LogP contribution in [0.1, 0.15) is 51.5 Å². The van der Waals surface area contributed by atoms with Crippen molar-refractivity contribution in [1.82, 2.24) is 9.62 Å². The van der Waals surface area contributed by atoms with Crippen molar-refractivity contribution in [3.05, 3.63) is 29.8 Å². The quantitative estimate of drug-likeness (QED) is 0.685. The number of hydrogen-bond acceptors (Lipinski definition) is 4. The maximum Gasteiger partial charge on any atom is 0.326 e. The first-order chi connectivity index (χ1) is 13.2. The van der Waals surface area contributed by atoms with Gasteiger partial charge < -0.3 is 10.4 Å². The van der Waals surface area contributed by atoms with Gasteiger partial charge >= 0.3 is 5.97 Å². The molecule has 0 spiro atoms. The lowest BCUT2D eigenvalue weighted by molar-refractivity contribution is -0.143. The number of benzene rings is 1. The molecule has 1 heterocycles. The third kappa shape index (κ3) is 6.04. The Balaban J connectivity index is 1.95. The van der Waals surface area contributed by atoms with Gasteiger partial charge in [-0.15, -0.1) is 0 Å². The van der Waals surface area contributed by atoms with Gasteiger partial charge in [-0.25, -0.2) is 13.2 Å². The Bertz CT molecular complexity index is 766. The largest absolute Gasteiger partial charge is 0.480 e. The minimum atomic E-state index is -3.48. The number of nitrogens with zero attached hydrogens (tertiary/aromatic N) is 1. The zero-order valence-corrected chi connectivity index (χ0v) is 17.4. The third-order valence-corrected chi connectivity index (χ3v) is 6.93. The molecular weight excluding hydrogens is 380 g/mol. The monoisotopic (exact) mass is 410 g/mol. The van der Waals surface area contributed by atoms with Crippen molar-refractivity contribution in [3.8, 4) is 0 Å². The second-order valence-electron chi connectivity index (χ2n) is 7.59. The highest BCUT2D eigenvalue weighted by atomic mass is 32.2. The van der Waals surface area contributed by atoms with Gasteiger partial charge in [0.05, 0.1) is 4.90 Å². The van der Waals surface area contributed by atoms with E-state index < -0.39 is 22.0 Å². The molecule has 0 radical (unpaired) electrons. The Morgan fingerprint density at radius 2 is 1.64 bits per heavy atom. The molecule has 0 bridgehead atoms. The number of amides is 1. The number of aryl methyl sites for hydroxylation is 1. The number of nitrogens with one attached hydrogen (secondary N) is 1. The molecule has 1 aliphatic heterocycles. The van der Waals surface area contributed by atoms with Crippen LogP contribution in [-0.2, 0) is 26.0 Å². The number of rotatable bonds is 8. The molecule has 28 heavy (non-hydrogen) atoms. The molecule has 0 aromatic heterocycles. The van der Waals surface area contributed by atoms with Crippen molar-refractivity contribution in [1.29, 1.82) is 0 Å². The predicted molar refractivity (Wildman–Crippen MR) is 106 cm³/mol. The van der Waals surface area contributed by atoms with Crippen LogP contribution in [0.15, 0.2) is 29.2 Å². The second-order valence-corrected chi connectivity index (χ2v) is 9.53. The fraction of sp³-hybridized carbons (Fsp3) is 0.600. The highest BCUT2D eigenvalue weighted by Crippen LogP contribution is 2.21. The molecular formula is C20H30N2O5S. The molecule has 2 N–H and O–H groups in total. The average molecular weight is 411 g/mol. The molecule has 0 unspecified atom stereocenters. The normalized spacial score (nSPS) is 17.1. The topological polar surface area (TPSA) is 104 Å². The maximum atomic E-state index is 12.8. The number of hydrogen-bond donors (Lipinski definition) is 2. The lowest BCUT2D eigenvalue weighted by Gasteiger charge is -2.20. The minimum absolute atomic E-state index is 0.148. The van der Waals surface area contributed by atoms with E-state index in [9.17, 15) is 18.0 Å². The van der Waals surface area contributed by atoms with E-state index >= 15 is 0 Å². The zero-order chi connectivity index (χ0) is 20.7. The number of carboxylic acids is 1. The number of aliphatic carboxylic acids is 1. The van der Waals surface area contributed by atoms with Crippen molar-refractivity contribution in [3.63, 3.8) is 0 Å². The van der Waals surface area contributed by atoms with Crippen molar-refractivity contribution < 1.29 is 23.1 Å². The number of carbonyl (C=O) groups excluding carboxylic acids is 1. The fourth-order valence-electron chi connectivity index (χ4n) is 3.28. The first-order valence-corrected chi connectivity index (χ1v) is 11.3. The van der Waals surface area contributed by atoms with Gasteiger partial charge in [-0.1, -0.05) is 38.8 Å². The van der Waals surface area contributed by atoms with Crippen LogP contribution in [0.4, 0.5) is 0 Å². The van der Waals surface area contributed by atoms with Gasteiger partial charge in [0.25, 0.3) is 0 Å². The predicted octanol–water partition coefficient (Wildman–Crippen LogP) is 2.41. The van der Waals surface area contributed by atoms with Crippen LogP contribution in [0.5, 0.6) is 0 Å². The summed E-state index contributed by atoms with van der Waals surface area (Å²) in [5.74, 6) is -1.58. The number of carboxylic acid groups (broad SMARTS) is 1. The molecule has 1 aliphatic rings. The Labute approximate surface area is 167 Å². The van der Waals surface area contributed by atoms with E-state index in [1.165, 1.54) is 0 Å². The summed E-state index contributed by atoms with van der Waals surface area (Å²) in [6, 6.07) is 5.70. The highest BCUT2D eigenvalue weighted by Gasteiger charge is 2.25. The van der Waals surface area contributed by atoms with E-state index in [0.29, 0.717) is 19.5 Å². The summed E-state index contributed by atoms with van der Waals surface area (Å²) in [5.41, 5.74) is 0.835. The lowest BCUT2D eigenvalue weighted by Crippen LogP contribution is -2.44. The fourth-order valence-corrected chi connectivity index (χ4v) is 4.79. The molecule has 156 valence electrons. The van der Waals surface area contributed by atoms with Crippen molar-refractivity contribution in [2.24, 2.45) is 5.92 Å². The molecule has 1 fully saturated rings. The number of sulfonamides is 1. The SMILES string of the molecule is CC(C)[C@@H](NC(=O)CCc1ccc(S(=O)(=O)N2CCCCCC2)cc1)C(=O)O. The molecule has 0 saturated carbocycles. The van der Waals surface area contributed by atoms with E-state index in [2.05, 4.69) is 5.32 Å². The Kier molecular flexibility index (Phi) is 8.00. The van der Waals surface area contributed by atoms with E-state index in [0.717, 1.165) is 31.2 Å². The Morgan fingerprint density at radius 3 is 2.14 bits per heavy atom. The first kappa shape index (κ1) is 22.4. The third-order valence-electron chi connectivity index (χ3n) is 5.02. The van der Waals surface area contributed by atoms with Crippen LogP contribution in [0.3, 0.4) is 0 Å². The molecule has 1 saturated heterocycles. The summed E-state index contributed by atoms with van der Waals surface area (Å²) in [4.78, 5) is 23.5. The molecule has 1 aromatic rings. The summed E-state index contributed by atoms with van der Waals surface area (Å²) in [6.07, 6.45) is 4.47. The van der Waals surface area contributed by atoms with Crippen LogP contribution in [-0.4, -0.2) is 48.8 Å². The summed E-state index contributed by atoms with van der Waals surface area (Å²) in [7, 11) is -3.48. The standard InChI is InChI=1S/C20H30N2O5S/c1-15(2)19(20(24)25)21-18(23)12-9-16-7-10-17(11-8-16)28(26,27)22-13-5-3-4-6-14-22/h7-8,10-11,15,19H,3-6,9,12-14H2,1-2H3,(H,21,23)(H,24,25)/t19-/m1/s1. The summed E-state index contributed by atoms with van der Waals surface area (Å²) < 4.78 is 27.1. The maximum absolute atomic E-state index is 12.8. The van der Waals surface area contributed by atoms with Gasteiger partial charge in [0, 0.05) is 19.5 Å². The molecule has 8 heteroatoms. The van der Waals surface area contributed by atoms with E-state index in [4.69, 9.17) is 5.11 Å². The summed E-state index contributed by atoms with van der Waals surface area (Å²) in [5, 5.41) is 11.7. The Hall–Kier alpha value is -1.93. The van der Waals surface area contributed by atoms with E-state index in [-0.39, 0.29) is 23.1 Å². The van der Waals surface area contributed by atoms with Crippen molar-refractivity contribution in [2.45, 2.75) is 63.3 Å². The lowest BCUT2D eigenvalue weighted by atomic mass is 10.0. The average Bonchev–Trinajstić information content (AvgIpc) is 2.94. The van der Waals surface area contributed by atoms with Crippen LogP contribution in [0, 0.1) is 5.92 Å². The van der Waals surface area contributed by atoms with E-state index in [1.54, 1.807) is 42.4 Å². The highest BCUT2D eigenvalue weighted by molar-refractivity contribution is 7.89. The smallest absolute Gasteiger partial charge is 0.326 e. The molecule has 1 aromatic carbocycles. The second kappa shape index (κ2) is 10.0. The van der Waals surface area contributed by atoms with Gasteiger partial charge in [-0.3, -0.25) is 4.79 Å². The molecule has 0 aliphatic carbocycles.